The van der Waals surface area contributed by atoms with Gasteiger partial charge in [-0.1, -0.05) is 18.2 Å². The normalized spacial score (nSPS) is 12.7. The van der Waals surface area contributed by atoms with E-state index in [1.807, 2.05) is 5.32 Å². The molecule has 0 fully saturated rings. The van der Waals surface area contributed by atoms with Gasteiger partial charge in [0.2, 0.25) is 0 Å². The average molecular weight is 276 g/mol. The molecule has 0 saturated carbocycles. The van der Waals surface area contributed by atoms with Crippen molar-refractivity contribution in [3.63, 3.8) is 0 Å². The first kappa shape index (κ1) is 14.4. The van der Waals surface area contributed by atoms with E-state index in [1.54, 1.807) is 18.2 Å². The maximum atomic E-state index is 12.2. The van der Waals surface area contributed by atoms with Gasteiger partial charge in [0.15, 0.2) is 5.11 Å². The van der Waals surface area contributed by atoms with Crippen LogP contribution in [0, 0.1) is 0 Å². The summed E-state index contributed by atoms with van der Waals surface area (Å²) in [5.74, 6) is -0.553. The predicted octanol–water partition coefficient (Wildman–Crippen LogP) is 2.24. The number of amides is 1. The number of thiocarbonyl (C=S) groups is 1. The number of carbonyl (C=O) groups excluding carboxylic acids is 1. The van der Waals surface area contributed by atoms with Crippen molar-refractivity contribution in [2.45, 2.75) is 19.1 Å². The van der Waals surface area contributed by atoms with Gasteiger partial charge in [0.1, 0.15) is 6.04 Å². The third-order valence-corrected chi connectivity index (χ3v) is 2.32. The summed E-state index contributed by atoms with van der Waals surface area (Å²) in [6, 6.07) is 6.25. The SMILES string of the molecule is CC(NC(=S)NC(=O)c1ccccc1)C(F)(F)F. The van der Waals surface area contributed by atoms with Gasteiger partial charge in [0, 0.05) is 5.56 Å². The maximum absolute atomic E-state index is 12.2. The second-order valence-corrected chi connectivity index (χ2v) is 3.97. The van der Waals surface area contributed by atoms with Crippen LogP contribution in [0.2, 0.25) is 0 Å². The zero-order valence-electron chi connectivity index (χ0n) is 9.41. The topological polar surface area (TPSA) is 41.1 Å². The lowest BCUT2D eigenvalue weighted by Crippen LogP contribution is -2.48. The van der Waals surface area contributed by atoms with Crippen LogP contribution in [0.25, 0.3) is 0 Å². The van der Waals surface area contributed by atoms with E-state index in [9.17, 15) is 18.0 Å². The first-order chi connectivity index (χ1) is 8.30. The van der Waals surface area contributed by atoms with Crippen molar-refractivity contribution in [3.8, 4) is 0 Å². The Morgan fingerprint density at radius 1 is 1.28 bits per heavy atom. The van der Waals surface area contributed by atoms with Crippen LogP contribution in [0.1, 0.15) is 17.3 Å². The van der Waals surface area contributed by atoms with Gasteiger partial charge in [-0.25, -0.2) is 0 Å². The molecule has 18 heavy (non-hydrogen) atoms. The Hall–Kier alpha value is -1.63. The summed E-state index contributed by atoms with van der Waals surface area (Å²) in [4.78, 5) is 11.6. The molecule has 3 nitrogen and oxygen atoms in total. The Morgan fingerprint density at radius 2 is 1.83 bits per heavy atom. The van der Waals surface area contributed by atoms with Gasteiger partial charge in [0.05, 0.1) is 0 Å². The number of carbonyl (C=O) groups is 1. The second-order valence-electron chi connectivity index (χ2n) is 3.56. The molecule has 1 atom stereocenters. The van der Waals surface area contributed by atoms with Gasteiger partial charge in [-0.2, -0.15) is 13.2 Å². The summed E-state index contributed by atoms with van der Waals surface area (Å²) < 4.78 is 36.7. The molecular weight excluding hydrogens is 265 g/mol. The number of halogens is 3. The summed E-state index contributed by atoms with van der Waals surface area (Å²) in [5, 5.41) is 3.82. The van der Waals surface area contributed by atoms with Crippen LogP contribution >= 0.6 is 12.2 Å². The summed E-state index contributed by atoms with van der Waals surface area (Å²) in [6.45, 7) is 0.918. The van der Waals surface area contributed by atoms with Crippen molar-refractivity contribution in [1.29, 1.82) is 0 Å². The quantitative estimate of drug-likeness (QED) is 0.814. The van der Waals surface area contributed by atoms with Gasteiger partial charge in [-0.15, -0.1) is 0 Å². The molecule has 1 amide bonds. The highest BCUT2D eigenvalue weighted by Gasteiger charge is 2.36. The van der Waals surface area contributed by atoms with Crippen LogP contribution < -0.4 is 10.6 Å². The minimum Gasteiger partial charge on any atom is -0.351 e. The lowest BCUT2D eigenvalue weighted by Gasteiger charge is -2.18. The minimum absolute atomic E-state index is 0.321. The van der Waals surface area contributed by atoms with Crippen LogP contribution in [0.3, 0.4) is 0 Å². The molecule has 0 radical (unpaired) electrons. The molecule has 1 rings (SSSR count). The first-order valence-electron chi connectivity index (χ1n) is 5.04. The fourth-order valence-electron chi connectivity index (χ4n) is 1.08. The minimum atomic E-state index is -4.42. The van der Waals surface area contributed by atoms with Gasteiger partial charge >= 0.3 is 6.18 Å². The van der Waals surface area contributed by atoms with Crippen molar-refractivity contribution in [2.75, 3.05) is 0 Å². The van der Waals surface area contributed by atoms with Gasteiger partial charge in [-0.3, -0.25) is 10.1 Å². The van der Waals surface area contributed by atoms with E-state index in [4.69, 9.17) is 0 Å². The fraction of sp³-hybridized carbons (Fsp3) is 0.273. The Balaban J connectivity index is 2.54. The molecular formula is C11H11F3N2OS. The summed E-state index contributed by atoms with van der Waals surface area (Å²) in [6.07, 6.45) is -4.42. The molecule has 98 valence electrons. The highest BCUT2D eigenvalue weighted by molar-refractivity contribution is 7.80. The van der Waals surface area contributed by atoms with Crippen molar-refractivity contribution in [2.24, 2.45) is 0 Å². The highest BCUT2D eigenvalue weighted by atomic mass is 32.1. The van der Waals surface area contributed by atoms with Crippen LogP contribution in [-0.2, 0) is 0 Å². The van der Waals surface area contributed by atoms with Crippen LogP contribution in [0.4, 0.5) is 13.2 Å². The molecule has 0 aliphatic rings. The van der Waals surface area contributed by atoms with Crippen LogP contribution in [-0.4, -0.2) is 23.2 Å². The van der Waals surface area contributed by atoms with E-state index in [2.05, 4.69) is 17.5 Å². The summed E-state index contributed by atoms with van der Waals surface area (Å²) in [5.41, 5.74) is 0.321. The number of hydrogen-bond donors (Lipinski definition) is 2. The zero-order chi connectivity index (χ0) is 13.8. The molecule has 1 aromatic carbocycles. The van der Waals surface area contributed by atoms with E-state index < -0.39 is 18.1 Å². The van der Waals surface area contributed by atoms with E-state index in [-0.39, 0.29) is 5.11 Å². The molecule has 0 heterocycles. The number of benzene rings is 1. The van der Waals surface area contributed by atoms with Crippen molar-refractivity contribution in [1.82, 2.24) is 10.6 Å². The lowest BCUT2D eigenvalue weighted by molar-refractivity contribution is -0.147. The molecule has 1 unspecified atom stereocenters. The predicted molar refractivity (Wildman–Crippen MR) is 65.2 cm³/mol. The number of alkyl halides is 3. The summed E-state index contributed by atoms with van der Waals surface area (Å²) in [7, 11) is 0. The van der Waals surface area contributed by atoms with Crippen molar-refractivity contribution >= 4 is 23.2 Å². The molecule has 0 aromatic heterocycles. The summed E-state index contributed by atoms with van der Waals surface area (Å²) >= 11 is 4.63. The molecule has 0 aliphatic carbocycles. The Kier molecular flexibility index (Phi) is 4.66. The van der Waals surface area contributed by atoms with Gasteiger partial charge in [0.25, 0.3) is 5.91 Å². The second kappa shape index (κ2) is 5.81. The van der Waals surface area contributed by atoms with Gasteiger partial charge in [-0.05, 0) is 31.3 Å². The molecule has 2 N–H and O–H groups in total. The third-order valence-electron chi connectivity index (χ3n) is 2.10. The average Bonchev–Trinajstić information content (AvgIpc) is 2.28. The monoisotopic (exact) mass is 276 g/mol. The molecule has 0 saturated heterocycles. The van der Waals surface area contributed by atoms with Crippen molar-refractivity contribution < 1.29 is 18.0 Å². The van der Waals surface area contributed by atoms with Crippen molar-refractivity contribution in [3.05, 3.63) is 35.9 Å². The third kappa shape index (κ3) is 4.33. The van der Waals surface area contributed by atoms with Crippen LogP contribution in [0.5, 0.6) is 0 Å². The Bertz CT molecular complexity index is 434. The molecule has 0 aliphatic heterocycles. The largest absolute Gasteiger partial charge is 0.408 e. The van der Waals surface area contributed by atoms with E-state index in [0.717, 1.165) is 6.92 Å². The molecule has 0 spiro atoms. The van der Waals surface area contributed by atoms with E-state index >= 15 is 0 Å². The van der Waals surface area contributed by atoms with E-state index in [1.165, 1.54) is 12.1 Å². The zero-order valence-corrected chi connectivity index (χ0v) is 10.2. The maximum Gasteiger partial charge on any atom is 0.408 e. The van der Waals surface area contributed by atoms with E-state index in [0.29, 0.717) is 5.56 Å². The molecule has 0 bridgehead atoms. The fourth-order valence-corrected chi connectivity index (χ4v) is 1.35. The van der Waals surface area contributed by atoms with Crippen LogP contribution in [0.15, 0.2) is 30.3 Å². The first-order valence-corrected chi connectivity index (χ1v) is 5.45. The molecule has 7 heteroatoms. The Morgan fingerprint density at radius 3 is 2.33 bits per heavy atom. The Labute approximate surface area is 107 Å². The molecule has 1 aromatic rings. The number of hydrogen-bond acceptors (Lipinski definition) is 2. The number of rotatable bonds is 2. The number of nitrogens with one attached hydrogen (secondary N) is 2. The smallest absolute Gasteiger partial charge is 0.351 e. The lowest BCUT2D eigenvalue weighted by atomic mass is 10.2. The highest BCUT2D eigenvalue weighted by Crippen LogP contribution is 2.19. The standard InChI is InChI=1S/C11H11F3N2OS/c1-7(11(12,13)14)15-10(18)16-9(17)8-5-3-2-4-6-8/h2-7H,1H3,(H2,15,16,17,18). The van der Waals surface area contributed by atoms with Gasteiger partial charge < -0.3 is 5.32 Å².